The summed E-state index contributed by atoms with van der Waals surface area (Å²) in [6.07, 6.45) is 1.93. The van der Waals surface area contributed by atoms with Crippen molar-refractivity contribution < 1.29 is 0 Å². The lowest BCUT2D eigenvalue weighted by Crippen LogP contribution is -2.31. The number of thioether (sulfide) groups is 1. The molecule has 0 saturated heterocycles. The van der Waals surface area contributed by atoms with Gasteiger partial charge in [0.1, 0.15) is 5.50 Å². The molecular weight excluding hydrogens is 242 g/mol. The molecule has 2 heterocycles. The van der Waals surface area contributed by atoms with Crippen LogP contribution in [0.1, 0.15) is 18.1 Å². The van der Waals surface area contributed by atoms with Crippen LogP contribution in [0, 0.1) is 0 Å². The van der Waals surface area contributed by atoms with Crippen LogP contribution in [0.2, 0.25) is 0 Å². The molecule has 2 unspecified atom stereocenters. The van der Waals surface area contributed by atoms with Gasteiger partial charge in [0.05, 0.1) is 0 Å². The van der Waals surface area contributed by atoms with Crippen LogP contribution < -0.4 is 5.73 Å². The van der Waals surface area contributed by atoms with Gasteiger partial charge in [-0.2, -0.15) is 0 Å². The average molecular weight is 259 g/mol. The van der Waals surface area contributed by atoms with Crippen molar-refractivity contribution in [3.63, 3.8) is 0 Å². The molecule has 0 radical (unpaired) electrons. The number of benzene rings is 1. The first-order valence-electron chi connectivity index (χ1n) is 6.19. The third kappa shape index (κ3) is 2.23. The van der Waals surface area contributed by atoms with Crippen LogP contribution in [0.25, 0.3) is 0 Å². The van der Waals surface area contributed by atoms with E-state index in [0.717, 1.165) is 13.1 Å². The van der Waals surface area contributed by atoms with Gasteiger partial charge in [0.2, 0.25) is 0 Å². The molecule has 94 valence electrons. The zero-order valence-electron chi connectivity index (χ0n) is 10.4. The first-order valence-corrected chi connectivity index (χ1v) is 7.13. The van der Waals surface area contributed by atoms with Crippen LogP contribution in [0.4, 0.5) is 0 Å². The molecule has 4 heteroatoms. The van der Waals surface area contributed by atoms with E-state index in [4.69, 9.17) is 5.73 Å². The monoisotopic (exact) mass is 259 g/mol. The maximum Gasteiger partial charge on any atom is 0.148 e. The quantitative estimate of drug-likeness (QED) is 0.886. The molecule has 2 aliphatic rings. The summed E-state index contributed by atoms with van der Waals surface area (Å²) in [6.45, 7) is 4.29. The number of hydrogen-bond donors (Lipinski definition) is 1. The summed E-state index contributed by atoms with van der Waals surface area (Å²) < 4.78 is 0. The standard InChI is InChI=1S/C14H17N3S/c1-10(13-6-16-14(15)18-9-13)17-7-11-4-2-3-5-12(11)8-17/h2-6,9-10,14H,7-8,15H2,1H3. The van der Waals surface area contributed by atoms with Crippen LogP contribution in [0.15, 0.2) is 40.2 Å². The minimum atomic E-state index is -0.128. The number of nitrogens with zero attached hydrogens (tertiary/aromatic N) is 2. The molecule has 2 atom stereocenters. The van der Waals surface area contributed by atoms with Crippen molar-refractivity contribution in [1.29, 1.82) is 0 Å². The zero-order valence-corrected chi connectivity index (χ0v) is 11.2. The predicted octanol–water partition coefficient (Wildman–Crippen LogP) is 2.33. The van der Waals surface area contributed by atoms with Crippen molar-refractivity contribution in [3.8, 4) is 0 Å². The van der Waals surface area contributed by atoms with Gasteiger partial charge in [0, 0.05) is 25.3 Å². The minimum Gasteiger partial charge on any atom is -0.301 e. The SMILES string of the molecule is CC(C1=CSC(N)N=C1)N1Cc2ccccc2C1. The Balaban J connectivity index is 1.73. The van der Waals surface area contributed by atoms with Gasteiger partial charge < -0.3 is 5.73 Å². The smallest absolute Gasteiger partial charge is 0.148 e. The van der Waals surface area contributed by atoms with Gasteiger partial charge in [-0.15, -0.1) is 0 Å². The number of fused-ring (bicyclic) bond motifs is 1. The van der Waals surface area contributed by atoms with Gasteiger partial charge in [0.25, 0.3) is 0 Å². The highest BCUT2D eigenvalue weighted by Crippen LogP contribution is 2.28. The van der Waals surface area contributed by atoms with Crippen molar-refractivity contribution >= 4 is 18.0 Å². The van der Waals surface area contributed by atoms with Crippen LogP contribution in [-0.2, 0) is 13.1 Å². The van der Waals surface area contributed by atoms with E-state index in [1.807, 2.05) is 6.21 Å². The normalized spacial score (nSPS) is 24.8. The topological polar surface area (TPSA) is 41.6 Å². The minimum absolute atomic E-state index is 0.128. The summed E-state index contributed by atoms with van der Waals surface area (Å²) in [5.41, 5.74) is 9.75. The van der Waals surface area contributed by atoms with Gasteiger partial charge in [-0.3, -0.25) is 9.89 Å². The lowest BCUT2D eigenvalue weighted by atomic mass is 10.1. The van der Waals surface area contributed by atoms with Gasteiger partial charge >= 0.3 is 0 Å². The average Bonchev–Trinajstić information content (AvgIpc) is 2.82. The van der Waals surface area contributed by atoms with Crippen molar-refractivity contribution in [2.24, 2.45) is 10.7 Å². The summed E-state index contributed by atoms with van der Waals surface area (Å²) in [4.78, 5) is 6.75. The Morgan fingerprint density at radius 2 is 2.00 bits per heavy atom. The molecule has 0 aromatic heterocycles. The molecule has 3 rings (SSSR count). The van der Waals surface area contributed by atoms with Crippen molar-refractivity contribution in [3.05, 3.63) is 46.4 Å². The Morgan fingerprint density at radius 3 is 2.56 bits per heavy atom. The maximum atomic E-state index is 5.73. The van der Waals surface area contributed by atoms with Crippen molar-refractivity contribution in [1.82, 2.24) is 4.90 Å². The van der Waals surface area contributed by atoms with Crippen molar-refractivity contribution in [2.45, 2.75) is 31.6 Å². The molecule has 0 spiro atoms. The Kier molecular flexibility index (Phi) is 3.24. The van der Waals surface area contributed by atoms with Crippen LogP contribution in [-0.4, -0.2) is 22.7 Å². The Bertz CT molecular complexity index is 485. The Morgan fingerprint density at radius 1 is 1.33 bits per heavy atom. The fourth-order valence-electron chi connectivity index (χ4n) is 2.42. The molecule has 0 fully saturated rings. The molecule has 0 amide bonds. The highest BCUT2D eigenvalue weighted by atomic mass is 32.2. The summed E-state index contributed by atoms with van der Waals surface area (Å²) >= 11 is 1.59. The number of rotatable bonds is 2. The summed E-state index contributed by atoms with van der Waals surface area (Å²) in [5, 5.41) is 2.14. The molecule has 3 nitrogen and oxygen atoms in total. The van der Waals surface area contributed by atoms with Crippen molar-refractivity contribution in [2.75, 3.05) is 0 Å². The molecular formula is C14H17N3S. The lowest BCUT2D eigenvalue weighted by Gasteiger charge is -2.26. The van der Waals surface area contributed by atoms with Gasteiger partial charge in [-0.1, -0.05) is 36.0 Å². The van der Waals surface area contributed by atoms with Crippen LogP contribution >= 0.6 is 11.8 Å². The molecule has 18 heavy (non-hydrogen) atoms. The van der Waals surface area contributed by atoms with E-state index in [2.05, 4.69) is 46.5 Å². The van der Waals surface area contributed by atoms with Gasteiger partial charge in [-0.05, 0) is 29.0 Å². The van der Waals surface area contributed by atoms with E-state index >= 15 is 0 Å². The molecule has 0 saturated carbocycles. The first-order chi connectivity index (χ1) is 8.74. The zero-order chi connectivity index (χ0) is 12.5. The van der Waals surface area contributed by atoms with Crippen LogP contribution in [0.5, 0.6) is 0 Å². The predicted molar refractivity (Wildman–Crippen MR) is 77.3 cm³/mol. The highest BCUT2D eigenvalue weighted by Gasteiger charge is 2.25. The Labute approximate surface area is 112 Å². The summed E-state index contributed by atoms with van der Waals surface area (Å²) in [6, 6.07) is 9.06. The second kappa shape index (κ2) is 4.88. The van der Waals surface area contributed by atoms with Crippen LogP contribution in [0.3, 0.4) is 0 Å². The van der Waals surface area contributed by atoms with Gasteiger partial charge in [-0.25, -0.2) is 0 Å². The molecule has 0 aliphatic carbocycles. The first kappa shape index (κ1) is 12.0. The maximum absolute atomic E-state index is 5.73. The van der Waals surface area contributed by atoms with E-state index < -0.39 is 0 Å². The Hall–Kier alpha value is -1.10. The molecule has 0 bridgehead atoms. The largest absolute Gasteiger partial charge is 0.301 e. The summed E-state index contributed by atoms with van der Waals surface area (Å²) in [7, 11) is 0. The molecule has 2 aliphatic heterocycles. The lowest BCUT2D eigenvalue weighted by molar-refractivity contribution is 0.244. The number of nitrogens with two attached hydrogens (primary N) is 1. The molecule has 1 aromatic carbocycles. The number of aliphatic imine (C=N–C) groups is 1. The third-order valence-corrected chi connectivity index (χ3v) is 4.42. The second-order valence-electron chi connectivity index (χ2n) is 4.77. The van der Waals surface area contributed by atoms with E-state index in [9.17, 15) is 0 Å². The third-order valence-electron chi connectivity index (χ3n) is 3.61. The fraction of sp³-hybridized carbons (Fsp3) is 0.357. The summed E-state index contributed by atoms with van der Waals surface area (Å²) in [5.74, 6) is 0. The van der Waals surface area contributed by atoms with Gasteiger partial charge in [0.15, 0.2) is 0 Å². The molecule has 1 aromatic rings. The van der Waals surface area contributed by atoms with E-state index in [1.165, 1.54) is 16.7 Å². The fourth-order valence-corrected chi connectivity index (χ4v) is 3.11. The second-order valence-corrected chi connectivity index (χ2v) is 5.76. The van der Waals surface area contributed by atoms with E-state index in [-0.39, 0.29) is 5.50 Å². The van der Waals surface area contributed by atoms with E-state index in [0.29, 0.717) is 6.04 Å². The number of hydrogen-bond acceptors (Lipinski definition) is 4. The molecule has 2 N–H and O–H groups in total. The highest BCUT2D eigenvalue weighted by molar-refractivity contribution is 8.02. The van der Waals surface area contributed by atoms with E-state index in [1.54, 1.807) is 11.8 Å².